The zero-order valence-electron chi connectivity index (χ0n) is 16.8. The number of carbonyl (C=O) groups excluding carboxylic acids is 2. The summed E-state index contributed by atoms with van der Waals surface area (Å²) in [6.45, 7) is 5.61. The van der Waals surface area contributed by atoms with E-state index in [1.807, 2.05) is 32.0 Å². The van der Waals surface area contributed by atoms with Crippen LogP contribution in [0.5, 0.6) is 11.5 Å². The Morgan fingerprint density at radius 2 is 1.64 bits per heavy atom. The molecule has 0 aliphatic carbocycles. The molecule has 0 aliphatic heterocycles. The van der Waals surface area contributed by atoms with Crippen LogP contribution in [0.25, 0.3) is 0 Å². The first-order valence-electron chi connectivity index (χ1n) is 8.76. The molecule has 2 aromatic carbocycles. The maximum atomic E-state index is 12.3. The van der Waals surface area contributed by atoms with E-state index in [1.54, 1.807) is 25.1 Å². The third-order valence-corrected chi connectivity index (χ3v) is 4.03. The second-order valence-electron chi connectivity index (χ2n) is 6.43. The number of methoxy groups -OCH3 is 2. The lowest BCUT2D eigenvalue weighted by Gasteiger charge is -2.09. The summed E-state index contributed by atoms with van der Waals surface area (Å²) in [7, 11) is 3.01. The molecular weight excluding hydrogens is 358 g/mol. The minimum Gasteiger partial charge on any atom is -0.497 e. The molecule has 2 N–H and O–H groups in total. The lowest BCUT2D eigenvalue weighted by Crippen LogP contribution is -2.21. The van der Waals surface area contributed by atoms with Crippen molar-refractivity contribution in [3.8, 4) is 11.5 Å². The summed E-state index contributed by atoms with van der Waals surface area (Å²) in [4.78, 5) is 24.5. The molecule has 2 aromatic rings. The van der Waals surface area contributed by atoms with Crippen LogP contribution < -0.4 is 20.2 Å². The summed E-state index contributed by atoms with van der Waals surface area (Å²) in [5.41, 5.74) is 6.14. The molecule has 148 valence electrons. The van der Waals surface area contributed by atoms with E-state index in [9.17, 15) is 9.59 Å². The van der Waals surface area contributed by atoms with Gasteiger partial charge >= 0.3 is 0 Å². The summed E-state index contributed by atoms with van der Waals surface area (Å²) >= 11 is 0. The quantitative estimate of drug-likeness (QED) is 0.566. The zero-order valence-corrected chi connectivity index (χ0v) is 16.8. The summed E-state index contributed by atoms with van der Waals surface area (Å²) in [5.74, 6) is 0.368. The van der Waals surface area contributed by atoms with E-state index < -0.39 is 5.91 Å². The minimum atomic E-state index is -0.425. The van der Waals surface area contributed by atoms with Crippen molar-refractivity contribution in [2.45, 2.75) is 27.2 Å². The van der Waals surface area contributed by atoms with Crippen LogP contribution in [0.1, 0.15) is 34.8 Å². The first-order chi connectivity index (χ1) is 13.3. The molecule has 0 radical (unpaired) electrons. The molecule has 0 spiro atoms. The number of hydrazone groups is 1. The number of aryl methyl sites for hydroxylation is 2. The molecule has 0 aromatic heterocycles. The lowest BCUT2D eigenvalue weighted by atomic mass is 10.1. The van der Waals surface area contributed by atoms with Gasteiger partial charge in [-0.1, -0.05) is 17.7 Å². The van der Waals surface area contributed by atoms with Crippen molar-refractivity contribution in [2.24, 2.45) is 5.10 Å². The average Bonchev–Trinajstić information content (AvgIpc) is 2.67. The van der Waals surface area contributed by atoms with Crippen molar-refractivity contribution < 1.29 is 19.1 Å². The van der Waals surface area contributed by atoms with Crippen molar-refractivity contribution in [1.82, 2.24) is 5.43 Å². The van der Waals surface area contributed by atoms with Crippen LogP contribution in [-0.2, 0) is 4.79 Å². The normalized spacial score (nSPS) is 11.0. The molecule has 0 saturated heterocycles. The second kappa shape index (κ2) is 9.55. The monoisotopic (exact) mass is 383 g/mol. The van der Waals surface area contributed by atoms with Gasteiger partial charge in [0.1, 0.15) is 11.5 Å². The predicted molar refractivity (Wildman–Crippen MR) is 109 cm³/mol. The standard InChI is InChI=1S/C21H25N3O4/c1-13-6-7-19(14(2)8-13)22-20(25)9-15(3)23-24-21(26)16-10-17(27-4)12-18(11-16)28-5/h6-8,10-12H,9H2,1-5H3,(H,22,25)(H,24,26)/b23-15+. The Bertz CT molecular complexity index is 884. The fourth-order valence-electron chi connectivity index (χ4n) is 2.57. The molecule has 0 saturated carbocycles. The number of carbonyl (C=O) groups is 2. The van der Waals surface area contributed by atoms with Crippen LogP contribution in [0, 0.1) is 13.8 Å². The Morgan fingerprint density at radius 3 is 2.21 bits per heavy atom. The Hall–Kier alpha value is -3.35. The molecule has 2 amide bonds. The zero-order chi connectivity index (χ0) is 20.7. The molecular formula is C21H25N3O4. The Kier molecular flexibility index (Phi) is 7.14. The van der Waals surface area contributed by atoms with E-state index in [4.69, 9.17) is 9.47 Å². The maximum Gasteiger partial charge on any atom is 0.271 e. The van der Waals surface area contributed by atoms with Crippen LogP contribution in [0.2, 0.25) is 0 Å². The highest BCUT2D eigenvalue weighted by Gasteiger charge is 2.11. The molecule has 0 fully saturated rings. The van der Waals surface area contributed by atoms with Crippen molar-refractivity contribution >= 4 is 23.2 Å². The van der Waals surface area contributed by atoms with Gasteiger partial charge in [-0.15, -0.1) is 0 Å². The van der Waals surface area contributed by atoms with Gasteiger partial charge in [0.25, 0.3) is 5.91 Å². The molecule has 2 rings (SSSR count). The first kappa shape index (κ1) is 21.0. The van der Waals surface area contributed by atoms with Crippen molar-refractivity contribution in [3.63, 3.8) is 0 Å². The summed E-state index contributed by atoms with van der Waals surface area (Å²) < 4.78 is 10.3. The summed E-state index contributed by atoms with van der Waals surface area (Å²) in [6, 6.07) is 10.6. The highest BCUT2D eigenvalue weighted by atomic mass is 16.5. The fraction of sp³-hybridized carbons (Fsp3) is 0.286. The average molecular weight is 383 g/mol. The van der Waals surface area contributed by atoms with Crippen LogP contribution >= 0.6 is 0 Å². The fourth-order valence-corrected chi connectivity index (χ4v) is 2.57. The molecule has 7 heteroatoms. The van der Waals surface area contributed by atoms with Crippen molar-refractivity contribution in [1.29, 1.82) is 0 Å². The first-order valence-corrected chi connectivity index (χ1v) is 8.76. The van der Waals surface area contributed by atoms with Gasteiger partial charge < -0.3 is 14.8 Å². The molecule has 0 atom stereocenters. The van der Waals surface area contributed by atoms with Crippen LogP contribution in [0.15, 0.2) is 41.5 Å². The Labute approximate surface area is 164 Å². The topological polar surface area (TPSA) is 89.0 Å². The smallest absolute Gasteiger partial charge is 0.271 e. The van der Waals surface area contributed by atoms with Gasteiger partial charge in [-0.2, -0.15) is 5.10 Å². The number of rotatable bonds is 7. The Morgan fingerprint density at radius 1 is 1.00 bits per heavy atom. The van der Waals surface area contributed by atoms with E-state index >= 15 is 0 Å². The number of hydrogen-bond donors (Lipinski definition) is 2. The molecule has 7 nitrogen and oxygen atoms in total. The predicted octanol–water partition coefficient (Wildman–Crippen LogP) is 3.46. The van der Waals surface area contributed by atoms with Crippen LogP contribution in [-0.4, -0.2) is 31.7 Å². The van der Waals surface area contributed by atoms with E-state index in [0.717, 1.165) is 16.8 Å². The van der Waals surface area contributed by atoms with Crippen molar-refractivity contribution in [2.75, 3.05) is 19.5 Å². The van der Waals surface area contributed by atoms with E-state index in [0.29, 0.717) is 22.8 Å². The van der Waals surface area contributed by atoms with Gasteiger partial charge in [0, 0.05) is 23.0 Å². The molecule has 0 aliphatic rings. The number of nitrogens with one attached hydrogen (secondary N) is 2. The molecule has 28 heavy (non-hydrogen) atoms. The number of hydrogen-bond acceptors (Lipinski definition) is 5. The van der Waals surface area contributed by atoms with Gasteiger partial charge in [0.2, 0.25) is 5.91 Å². The third kappa shape index (κ3) is 5.84. The van der Waals surface area contributed by atoms with Gasteiger partial charge in [0.15, 0.2) is 0 Å². The molecule has 0 heterocycles. The van der Waals surface area contributed by atoms with Gasteiger partial charge in [-0.05, 0) is 44.5 Å². The van der Waals surface area contributed by atoms with Crippen LogP contribution in [0.3, 0.4) is 0 Å². The van der Waals surface area contributed by atoms with E-state index in [2.05, 4.69) is 15.8 Å². The third-order valence-electron chi connectivity index (χ3n) is 4.03. The number of anilines is 1. The van der Waals surface area contributed by atoms with Crippen molar-refractivity contribution in [3.05, 3.63) is 53.1 Å². The number of amides is 2. The highest BCUT2D eigenvalue weighted by Crippen LogP contribution is 2.22. The van der Waals surface area contributed by atoms with Gasteiger partial charge in [0.05, 0.1) is 20.6 Å². The lowest BCUT2D eigenvalue weighted by molar-refractivity contribution is -0.115. The molecule has 0 bridgehead atoms. The Balaban J connectivity index is 1.98. The largest absolute Gasteiger partial charge is 0.497 e. The van der Waals surface area contributed by atoms with Gasteiger partial charge in [-0.3, -0.25) is 9.59 Å². The minimum absolute atomic E-state index is 0.0645. The number of benzene rings is 2. The second-order valence-corrected chi connectivity index (χ2v) is 6.43. The molecule has 0 unspecified atom stereocenters. The van der Waals surface area contributed by atoms with Crippen LogP contribution in [0.4, 0.5) is 5.69 Å². The highest BCUT2D eigenvalue weighted by molar-refractivity contribution is 6.06. The number of ether oxygens (including phenoxy) is 2. The summed E-state index contributed by atoms with van der Waals surface area (Å²) in [6.07, 6.45) is 0.0645. The van der Waals surface area contributed by atoms with E-state index in [1.165, 1.54) is 14.2 Å². The van der Waals surface area contributed by atoms with Gasteiger partial charge in [-0.25, -0.2) is 5.43 Å². The van der Waals surface area contributed by atoms with E-state index in [-0.39, 0.29) is 12.3 Å². The summed E-state index contributed by atoms with van der Waals surface area (Å²) in [5, 5.41) is 6.86. The SMILES string of the molecule is COc1cc(OC)cc(C(=O)N/N=C(\C)CC(=O)Nc2ccc(C)cc2C)c1. The number of nitrogens with zero attached hydrogens (tertiary/aromatic N) is 1. The maximum absolute atomic E-state index is 12.3.